The molecule has 0 bridgehead atoms. The molecule has 0 spiro atoms. The minimum atomic E-state index is -3.62. The zero-order valence-corrected chi connectivity index (χ0v) is 14.3. The highest BCUT2D eigenvalue weighted by Crippen LogP contribution is 2.46. The van der Waals surface area contributed by atoms with Gasteiger partial charge in [0.05, 0.1) is 6.16 Å². The van der Waals surface area contributed by atoms with Crippen LogP contribution < -0.4 is 5.30 Å². The molecule has 0 aliphatic heterocycles. The monoisotopic (exact) mass is 338 g/mol. The Labute approximate surface area is 141 Å². The minimum Gasteiger partial charge on any atom is -0.507 e. The average Bonchev–Trinajstić information content (AvgIpc) is 2.57. The van der Waals surface area contributed by atoms with Crippen LogP contribution in [0.2, 0.25) is 0 Å². The van der Waals surface area contributed by atoms with Crippen LogP contribution in [0.3, 0.4) is 0 Å². The first-order valence-corrected chi connectivity index (χ1v) is 9.57. The summed E-state index contributed by atoms with van der Waals surface area (Å²) in [7, 11) is -3.62. The average molecular weight is 338 g/mol. The van der Waals surface area contributed by atoms with Gasteiger partial charge in [-0.3, -0.25) is 4.57 Å². The van der Waals surface area contributed by atoms with Crippen LogP contribution in [0, 0.1) is 6.92 Å². The first-order chi connectivity index (χ1) is 11.5. The molecule has 122 valence electrons. The maximum absolute atomic E-state index is 13.0. The maximum Gasteiger partial charge on any atom is 0.234 e. The van der Waals surface area contributed by atoms with Crippen LogP contribution in [0.5, 0.6) is 5.75 Å². The first-order valence-electron chi connectivity index (χ1n) is 7.73. The Hall–Kier alpha value is -2.35. The molecular formula is C20H19O3P. The maximum atomic E-state index is 13.0. The molecule has 1 unspecified atom stereocenters. The predicted molar refractivity (Wildman–Crippen MR) is 97.9 cm³/mol. The third-order valence-corrected chi connectivity index (χ3v) is 5.93. The van der Waals surface area contributed by atoms with Gasteiger partial charge in [0.25, 0.3) is 0 Å². The van der Waals surface area contributed by atoms with Crippen molar-refractivity contribution < 1.29 is 14.6 Å². The first kappa shape index (κ1) is 16.5. The fourth-order valence-corrected chi connectivity index (χ4v) is 4.50. The van der Waals surface area contributed by atoms with E-state index in [4.69, 9.17) is 0 Å². The molecule has 4 heteroatoms. The summed E-state index contributed by atoms with van der Waals surface area (Å²) < 4.78 is 13.0. The van der Waals surface area contributed by atoms with E-state index in [1.54, 1.807) is 48.5 Å². The number of aryl methyl sites for hydroxylation is 1. The topological polar surface area (TPSA) is 57.5 Å². The highest BCUT2D eigenvalue weighted by Gasteiger charge is 2.26. The summed E-state index contributed by atoms with van der Waals surface area (Å²) in [6.07, 6.45) is 0.0674. The van der Waals surface area contributed by atoms with E-state index in [2.05, 4.69) is 0 Å². The normalized spacial score (nSPS) is 13.4. The third-order valence-electron chi connectivity index (χ3n) is 3.99. The van der Waals surface area contributed by atoms with Crippen molar-refractivity contribution in [1.82, 2.24) is 0 Å². The standard InChI is InChI=1S/C20H19O3P/c1-15-10-12-16(13-11-15)14-24(22,23)20-9-5-3-7-18(20)17-6-2-4-8-19(17)21/h2-13,21H,14H2,1H3,(H,22,23). The summed E-state index contributed by atoms with van der Waals surface area (Å²) in [4.78, 5) is 10.7. The summed E-state index contributed by atoms with van der Waals surface area (Å²) in [6.45, 7) is 1.98. The van der Waals surface area contributed by atoms with Gasteiger partial charge in [0.2, 0.25) is 7.37 Å². The Kier molecular flexibility index (Phi) is 4.57. The molecule has 0 aliphatic carbocycles. The van der Waals surface area contributed by atoms with Gasteiger partial charge < -0.3 is 10.00 Å². The lowest BCUT2D eigenvalue weighted by molar-refractivity contribution is 0.477. The Morgan fingerprint density at radius 1 is 0.833 bits per heavy atom. The fourth-order valence-electron chi connectivity index (χ4n) is 2.73. The molecule has 2 N–H and O–H groups in total. The molecule has 0 aromatic heterocycles. The molecule has 3 aromatic carbocycles. The SMILES string of the molecule is Cc1ccc(CP(=O)(O)c2ccccc2-c2ccccc2O)cc1. The molecule has 3 rings (SSSR count). The van der Waals surface area contributed by atoms with Gasteiger partial charge in [0.1, 0.15) is 5.75 Å². The number of phenols is 1. The van der Waals surface area contributed by atoms with Crippen LogP contribution in [0.4, 0.5) is 0 Å². The summed E-state index contributed by atoms with van der Waals surface area (Å²) in [6, 6.07) is 21.5. The predicted octanol–water partition coefficient (Wildman–Crippen LogP) is 4.46. The molecule has 0 fully saturated rings. The number of aromatic hydroxyl groups is 1. The van der Waals surface area contributed by atoms with Gasteiger partial charge in [-0.25, -0.2) is 0 Å². The molecule has 3 nitrogen and oxygen atoms in total. The number of benzene rings is 3. The van der Waals surface area contributed by atoms with E-state index in [0.29, 0.717) is 16.4 Å². The van der Waals surface area contributed by atoms with Crippen molar-refractivity contribution in [3.05, 3.63) is 83.9 Å². The zero-order chi connectivity index (χ0) is 17.2. The number of phenolic OH excluding ortho intramolecular Hbond substituents is 1. The Morgan fingerprint density at radius 2 is 1.42 bits per heavy atom. The van der Waals surface area contributed by atoms with Crippen molar-refractivity contribution in [2.75, 3.05) is 0 Å². The summed E-state index contributed by atoms with van der Waals surface area (Å²) in [5.41, 5.74) is 3.08. The van der Waals surface area contributed by atoms with Crippen molar-refractivity contribution in [3.8, 4) is 16.9 Å². The minimum absolute atomic E-state index is 0.0674. The van der Waals surface area contributed by atoms with Gasteiger partial charge in [0.15, 0.2) is 0 Å². The zero-order valence-electron chi connectivity index (χ0n) is 13.4. The van der Waals surface area contributed by atoms with Crippen LogP contribution in [-0.2, 0) is 10.7 Å². The van der Waals surface area contributed by atoms with Gasteiger partial charge in [-0.2, -0.15) is 0 Å². The Balaban J connectivity index is 2.04. The molecular weight excluding hydrogens is 319 g/mol. The smallest absolute Gasteiger partial charge is 0.234 e. The van der Waals surface area contributed by atoms with E-state index in [1.807, 2.05) is 31.2 Å². The molecule has 0 heterocycles. The number of hydrogen-bond donors (Lipinski definition) is 2. The van der Waals surface area contributed by atoms with Crippen LogP contribution in [0.1, 0.15) is 11.1 Å². The summed E-state index contributed by atoms with van der Waals surface area (Å²) in [5, 5.41) is 10.5. The highest BCUT2D eigenvalue weighted by molar-refractivity contribution is 7.65. The second-order valence-electron chi connectivity index (χ2n) is 5.88. The van der Waals surface area contributed by atoms with Crippen molar-refractivity contribution >= 4 is 12.7 Å². The van der Waals surface area contributed by atoms with Gasteiger partial charge in [-0.05, 0) is 30.2 Å². The Morgan fingerprint density at radius 3 is 2.08 bits per heavy atom. The highest BCUT2D eigenvalue weighted by atomic mass is 31.2. The van der Waals surface area contributed by atoms with Crippen LogP contribution in [0.15, 0.2) is 72.8 Å². The van der Waals surface area contributed by atoms with Crippen molar-refractivity contribution in [2.45, 2.75) is 13.1 Å². The lowest BCUT2D eigenvalue weighted by Crippen LogP contribution is -2.10. The molecule has 1 atom stereocenters. The third kappa shape index (κ3) is 3.43. The van der Waals surface area contributed by atoms with E-state index < -0.39 is 7.37 Å². The van der Waals surface area contributed by atoms with Crippen molar-refractivity contribution in [1.29, 1.82) is 0 Å². The van der Waals surface area contributed by atoms with Crippen LogP contribution in [0.25, 0.3) is 11.1 Å². The molecule has 0 radical (unpaired) electrons. The van der Waals surface area contributed by atoms with E-state index in [1.165, 1.54) is 0 Å². The number of rotatable bonds is 4. The second-order valence-corrected chi connectivity index (χ2v) is 8.08. The number of hydrogen-bond acceptors (Lipinski definition) is 2. The summed E-state index contributed by atoms with van der Waals surface area (Å²) >= 11 is 0. The van der Waals surface area contributed by atoms with Gasteiger partial charge in [-0.15, -0.1) is 0 Å². The van der Waals surface area contributed by atoms with E-state index in [0.717, 1.165) is 11.1 Å². The summed E-state index contributed by atoms with van der Waals surface area (Å²) in [5.74, 6) is 0.0975. The molecule has 0 saturated carbocycles. The quantitative estimate of drug-likeness (QED) is 0.690. The van der Waals surface area contributed by atoms with Crippen molar-refractivity contribution in [2.24, 2.45) is 0 Å². The molecule has 0 saturated heterocycles. The van der Waals surface area contributed by atoms with Crippen LogP contribution >= 0.6 is 7.37 Å². The largest absolute Gasteiger partial charge is 0.507 e. The fraction of sp³-hybridized carbons (Fsp3) is 0.100. The van der Waals surface area contributed by atoms with Gasteiger partial charge in [0, 0.05) is 10.9 Å². The lowest BCUT2D eigenvalue weighted by atomic mass is 10.0. The van der Waals surface area contributed by atoms with Gasteiger partial charge >= 0.3 is 0 Å². The molecule has 3 aromatic rings. The Bertz CT molecular complexity index is 901. The van der Waals surface area contributed by atoms with Crippen LogP contribution in [-0.4, -0.2) is 10.00 Å². The van der Waals surface area contributed by atoms with E-state index in [9.17, 15) is 14.6 Å². The number of para-hydroxylation sites is 1. The molecule has 0 amide bonds. The van der Waals surface area contributed by atoms with E-state index >= 15 is 0 Å². The van der Waals surface area contributed by atoms with Gasteiger partial charge in [-0.1, -0.05) is 66.2 Å². The molecule has 0 aliphatic rings. The van der Waals surface area contributed by atoms with E-state index in [-0.39, 0.29) is 11.9 Å². The lowest BCUT2D eigenvalue weighted by Gasteiger charge is -2.17. The van der Waals surface area contributed by atoms with Crippen molar-refractivity contribution in [3.63, 3.8) is 0 Å². The second kappa shape index (κ2) is 6.64. The molecule has 24 heavy (non-hydrogen) atoms.